The molecule has 0 N–H and O–H groups in total. The first kappa shape index (κ1) is 18.4. The number of hydrogen-bond donors (Lipinski definition) is 0. The van der Waals surface area contributed by atoms with Crippen LogP contribution in [0.2, 0.25) is 5.02 Å². The van der Waals surface area contributed by atoms with Crippen LogP contribution in [-0.4, -0.2) is 5.90 Å². The first-order chi connectivity index (χ1) is 14.8. The number of ether oxygens (including phenoxy) is 1. The first-order valence-corrected chi connectivity index (χ1v) is 10.1. The highest BCUT2D eigenvalue weighted by Crippen LogP contribution is 2.40. The predicted octanol–water partition coefficient (Wildman–Crippen LogP) is 7.37. The zero-order valence-electron chi connectivity index (χ0n) is 16.1. The molecule has 0 saturated carbocycles. The van der Waals surface area contributed by atoms with Crippen molar-refractivity contribution >= 4 is 34.5 Å². The maximum atomic E-state index is 6.43. The summed E-state index contributed by atoms with van der Waals surface area (Å²) in [7, 11) is 0. The molecular formula is C27H18ClNO. The Labute approximate surface area is 180 Å². The van der Waals surface area contributed by atoms with E-state index in [9.17, 15) is 0 Å². The van der Waals surface area contributed by atoms with Gasteiger partial charge in [-0.25, -0.2) is 4.99 Å². The van der Waals surface area contributed by atoms with Gasteiger partial charge in [-0.2, -0.15) is 0 Å². The molecule has 1 aliphatic rings. The molecule has 0 aromatic heterocycles. The van der Waals surface area contributed by atoms with E-state index in [1.165, 1.54) is 0 Å². The third-order valence-corrected chi connectivity index (χ3v) is 5.26. The van der Waals surface area contributed by atoms with Gasteiger partial charge < -0.3 is 4.74 Å². The number of benzene rings is 4. The topological polar surface area (TPSA) is 21.6 Å². The lowest BCUT2D eigenvalue weighted by Crippen LogP contribution is -1.97. The Bertz CT molecular complexity index is 1240. The lowest BCUT2D eigenvalue weighted by Gasteiger charge is -2.13. The highest BCUT2D eigenvalue weighted by molar-refractivity contribution is 6.30. The smallest absolute Gasteiger partial charge is 0.227 e. The van der Waals surface area contributed by atoms with Crippen molar-refractivity contribution in [2.75, 3.05) is 0 Å². The van der Waals surface area contributed by atoms with E-state index < -0.39 is 0 Å². The molecule has 0 aliphatic carbocycles. The Morgan fingerprint density at radius 3 is 1.87 bits per heavy atom. The molecule has 0 bridgehead atoms. The molecule has 2 nitrogen and oxygen atoms in total. The normalized spacial score (nSPS) is 15.6. The summed E-state index contributed by atoms with van der Waals surface area (Å²) in [6.07, 6.45) is 0. The zero-order valence-corrected chi connectivity index (χ0v) is 16.9. The maximum absolute atomic E-state index is 6.43. The van der Waals surface area contributed by atoms with Crippen molar-refractivity contribution in [1.82, 2.24) is 0 Å². The number of rotatable bonds is 3. The van der Waals surface area contributed by atoms with Crippen molar-refractivity contribution < 1.29 is 4.74 Å². The second-order valence-electron chi connectivity index (χ2n) is 6.98. The third kappa shape index (κ3) is 3.54. The Hall–Kier alpha value is -3.62. The van der Waals surface area contributed by atoms with Crippen LogP contribution in [0.4, 0.5) is 5.69 Å². The van der Waals surface area contributed by atoms with Gasteiger partial charge in [-0.15, -0.1) is 0 Å². The molecule has 4 aromatic rings. The van der Waals surface area contributed by atoms with Crippen LogP contribution in [0.5, 0.6) is 0 Å². The van der Waals surface area contributed by atoms with Crippen LogP contribution in [0, 0.1) is 0 Å². The summed E-state index contributed by atoms with van der Waals surface area (Å²) in [5, 5.41) is 0.704. The van der Waals surface area contributed by atoms with Crippen LogP contribution >= 0.6 is 11.6 Å². The molecule has 5 rings (SSSR count). The van der Waals surface area contributed by atoms with Crippen LogP contribution in [-0.2, 0) is 4.74 Å². The summed E-state index contributed by atoms with van der Waals surface area (Å²) < 4.78 is 6.43. The van der Waals surface area contributed by atoms with Crippen LogP contribution in [0.25, 0.3) is 11.3 Å². The number of halogens is 1. The van der Waals surface area contributed by atoms with E-state index in [0.717, 1.165) is 39.3 Å². The minimum absolute atomic E-state index is 0.606. The molecule has 0 radical (unpaired) electrons. The van der Waals surface area contributed by atoms with Gasteiger partial charge in [-0.05, 0) is 41.5 Å². The molecule has 0 atom stereocenters. The molecule has 1 heterocycles. The van der Waals surface area contributed by atoms with Gasteiger partial charge in [0.15, 0.2) is 0 Å². The quantitative estimate of drug-likeness (QED) is 0.347. The molecule has 0 amide bonds. The maximum Gasteiger partial charge on any atom is 0.227 e. The van der Waals surface area contributed by atoms with Gasteiger partial charge in [0.1, 0.15) is 5.76 Å². The van der Waals surface area contributed by atoms with E-state index in [-0.39, 0.29) is 0 Å². The molecule has 0 saturated heterocycles. The third-order valence-electron chi connectivity index (χ3n) is 5.01. The second-order valence-corrected chi connectivity index (χ2v) is 7.41. The van der Waals surface area contributed by atoms with Gasteiger partial charge in [0.05, 0.1) is 5.69 Å². The van der Waals surface area contributed by atoms with Crippen LogP contribution in [0.3, 0.4) is 0 Å². The minimum Gasteiger partial charge on any atom is -0.437 e. The van der Waals surface area contributed by atoms with Crippen LogP contribution in [0.15, 0.2) is 114 Å². The minimum atomic E-state index is 0.606. The summed E-state index contributed by atoms with van der Waals surface area (Å²) in [6.45, 7) is 0. The molecule has 0 fully saturated rings. The fraction of sp³-hybridized carbons (Fsp3) is 0. The Kier molecular flexibility index (Phi) is 4.92. The number of para-hydroxylation sites is 1. The van der Waals surface area contributed by atoms with Gasteiger partial charge in [0.25, 0.3) is 0 Å². The molecule has 0 unspecified atom stereocenters. The summed E-state index contributed by atoms with van der Waals surface area (Å²) in [4.78, 5) is 4.77. The van der Waals surface area contributed by atoms with Crippen molar-refractivity contribution in [3.8, 4) is 0 Å². The van der Waals surface area contributed by atoms with Crippen molar-refractivity contribution in [1.29, 1.82) is 0 Å². The lowest BCUT2D eigenvalue weighted by molar-refractivity contribution is 0.527. The summed E-state index contributed by atoms with van der Waals surface area (Å²) in [5.41, 5.74) is 6.00. The van der Waals surface area contributed by atoms with E-state index in [1.807, 2.05) is 84.9 Å². The largest absolute Gasteiger partial charge is 0.437 e. The predicted molar refractivity (Wildman–Crippen MR) is 124 cm³/mol. The standard InChI is InChI=1S/C27H18ClNO/c28-21-17-15-20(16-18-21)25(19-9-3-1-4-10-19)26-23-13-7-8-14-24(23)27(30-26)29-22-11-5-2-6-12-22/h1-18H/b26-25-,29-27?. The van der Waals surface area contributed by atoms with Crippen LogP contribution < -0.4 is 0 Å². The summed E-state index contributed by atoms with van der Waals surface area (Å²) >= 11 is 6.15. The summed E-state index contributed by atoms with van der Waals surface area (Å²) in [5.74, 6) is 1.41. The molecule has 144 valence electrons. The van der Waals surface area contributed by atoms with E-state index >= 15 is 0 Å². The second kappa shape index (κ2) is 8.02. The molecule has 4 aromatic carbocycles. The lowest BCUT2D eigenvalue weighted by atomic mass is 9.94. The van der Waals surface area contributed by atoms with E-state index in [0.29, 0.717) is 10.9 Å². The Morgan fingerprint density at radius 1 is 0.600 bits per heavy atom. The molecule has 1 aliphatic heterocycles. The fourth-order valence-corrected chi connectivity index (χ4v) is 3.74. The number of nitrogens with zero attached hydrogens (tertiary/aromatic N) is 1. The SMILES string of the molecule is Clc1ccc(/C(=C2\OC(=Nc3ccccc3)c3ccccc32)c2ccccc2)cc1. The van der Waals surface area contributed by atoms with E-state index in [4.69, 9.17) is 21.3 Å². The zero-order chi connectivity index (χ0) is 20.3. The van der Waals surface area contributed by atoms with Gasteiger partial charge in [-0.3, -0.25) is 0 Å². The molecular weight excluding hydrogens is 390 g/mol. The fourth-order valence-electron chi connectivity index (χ4n) is 3.61. The van der Waals surface area contributed by atoms with Gasteiger partial charge in [0, 0.05) is 21.7 Å². The number of hydrogen-bond acceptors (Lipinski definition) is 2. The number of aliphatic imine (C=N–C) groups is 1. The van der Waals surface area contributed by atoms with E-state index in [2.05, 4.69) is 24.3 Å². The average molecular weight is 408 g/mol. The Morgan fingerprint density at radius 2 is 1.17 bits per heavy atom. The van der Waals surface area contributed by atoms with E-state index in [1.54, 1.807) is 0 Å². The first-order valence-electron chi connectivity index (χ1n) is 9.76. The van der Waals surface area contributed by atoms with Gasteiger partial charge in [0.2, 0.25) is 5.90 Å². The highest BCUT2D eigenvalue weighted by atomic mass is 35.5. The monoisotopic (exact) mass is 407 g/mol. The van der Waals surface area contributed by atoms with Crippen molar-refractivity contribution in [2.24, 2.45) is 4.99 Å². The number of fused-ring (bicyclic) bond motifs is 1. The van der Waals surface area contributed by atoms with Crippen molar-refractivity contribution in [3.63, 3.8) is 0 Å². The van der Waals surface area contributed by atoms with Crippen molar-refractivity contribution in [3.05, 3.63) is 136 Å². The molecule has 3 heteroatoms. The molecule has 0 spiro atoms. The Balaban J connectivity index is 1.74. The molecule has 30 heavy (non-hydrogen) atoms. The van der Waals surface area contributed by atoms with Crippen LogP contribution in [0.1, 0.15) is 22.3 Å². The summed E-state index contributed by atoms with van der Waals surface area (Å²) in [6, 6.07) is 36.1. The van der Waals surface area contributed by atoms with Crippen molar-refractivity contribution in [2.45, 2.75) is 0 Å². The van der Waals surface area contributed by atoms with Gasteiger partial charge in [-0.1, -0.05) is 90.5 Å². The highest BCUT2D eigenvalue weighted by Gasteiger charge is 2.28. The average Bonchev–Trinajstić information content (AvgIpc) is 3.15. The van der Waals surface area contributed by atoms with Gasteiger partial charge >= 0.3 is 0 Å².